The standard InChI is InChI=1S/C11H14BrClO2S/c1-11(2,3)7-5-8(12)10(13)9(6-7)16(4,14)15/h5-6H,1-4H3. The van der Waals surface area contributed by atoms with Gasteiger partial charge in [0.1, 0.15) is 0 Å². The van der Waals surface area contributed by atoms with Gasteiger partial charge in [-0.15, -0.1) is 0 Å². The molecule has 0 aliphatic carbocycles. The van der Waals surface area contributed by atoms with Crippen LogP contribution in [0, 0.1) is 0 Å². The highest BCUT2D eigenvalue weighted by molar-refractivity contribution is 9.10. The molecule has 2 nitrogen and oxygen atoms in total. The van der Waals surface area contributed by atoms with Crippen molar-refractivity contribution in [2.24, 2.45) is 0 Å². The number of hydrogen-bond acceptors (Lipinski definition) is 2. The summed E-state index contributed by atoms with van der Waals surface area (Å²) < 4.78 is 23.8. The molecule has 0 aliphatic heterocycles. The van der Waals surface area contributed by atoms with Crippen molar-refractivity contribution in [2.45, 2.75) is 31.1 Å². The Morgan fingerprint density at radius 3 is 2.12 bits per heavy atom. The van der Waals surface area contributed by atoms with Crippen LogP contribution in [0.2, 0.25) is 5.02 Å². The Bertz CT molecular complexity index is 516. The van der Waals surface area contributed by atoms with Crippen LogP contribution in [0.5, 0.6) is 0 Å². The third-order valence-electron chi connectivity index (χ3n) is 2.26. The van der Waals surface area contributed by atoms with E-state index < -0.39 is 9.84 Å². The Morgan fingerprint density at radius 2 is 1.75 bits per heavy atom. The van der Waals surface area contributed by atoms with Gasteiger partial charge in [0.15, 0.2) is 9.84 Å². The summed E-state index contributed by atoms with van der Waals surface area (Å²) in [5.41, 5.74) is 0.816. The molecule has 0 spiro atoms. The molecular formula is C11H14BrClO2S. The summed E-state index contributed by atoms with van der Waals surface area (Å²) in [6.45, 7) is 6.07. The zero-order chi connectivity index (χ0) is 12.7. The Hall–Kier alpha value is -0.0600. The molecule has 0 amide bonds. The highest BCUT2D eigenvalue weighted by atomic mass is 79.9. The topological polar surface area (TPSA) is 34.1 Å². The van der Waals surface area contributed by atoms with E-state index in [9.17, 15) is 8.42 Å². The van der Waals surface area contributed by atoms with Crippen molar-refractivity contribution in [1.29, 1.82) is 0 Å². The van der Waals surface area contributed by atoms with E-state index in [1.165, 1.54) is 0 Å². The Labute approximate surface area is 110 Å². The van der Waals surface area contributed by atoms with Crippen LogP contribution >= 0.6 is 27.5 Å². The second-order valence-corrected chi connectivity index (χ2v) is 8.01. The van der Waals surface area contributed by atoms with E-state index in [1.807, 2.05) is 26.8 Å². The van der Waals surface area contributed by atoms with Crippen LogP contribution in [0.15, 0.2) is 21.5 Å². The van der Waals surface area contributed by atoms with Gasteiger partial charge in [0.25, 0.3) is 0 Å². The Kier molecular flexibility index (Phi) is 3.78. The molecule has 16 heavy (non-hydrogen) atoms. The van der Waals surface area contributed by atoms with Gasteiger partial charge in [0, 0.05) is 10.7 Å². The fourth-order valence-electron chi connectivity index (χ4n) is 1.27. The molecule has 1 aromatic rings. The summed E-state index contributed by atoms with van der Waals surface area (Å²) in [5.74, 6) is 0. The fourth-order valence-corrected chi connectivity index (χ4v) is 3.16. The SMILES string of the molecule is CC(C)(C)c1cc(Br)c(Cl)c(S(C)(=O)=O)c1. The minimum Gasteiger partial charge on any atom is -0.224 e. The second kappa shape index (κ2) is 4.31. The van der Waals surface area contributed by atoms with Gasteiger partial charge in [-0.3, -0.25) is 0 Å². The third-order valence-corrected chi connectivity index (χ3v) is 4.75. The highest BCUT2D eigenvalue weighted by Crippen LogP contribution is 2.35. The largest absolute Gasteiger partial charge is 0.224 e. The molecule has 1 aromatic carbocycles. The first-order valence-corrected chi connectivity index (χ1v) is 7.79. The lowest BCUT2D eigenvalue weighted by Crippen LogP contribution is -2.12. The summed E-state index contributed by atoms with van der Waals surface area (Å²) in [6.07, 6.45) is 1.16. The monoisotopic (exact) mass is 324 g/mol. The number of hydrogen-bond donors (Lipinski definition) is 0. The first kappa shape index (κ1) is 14.0. The van der Waals surface area contributed by atoms with Crippen molar-refractivity contribution in [1.82, 2.24) is 0 Å². The van der Waals surface area contributed by atoms with E-state index in [4.69, 9.17) is 11.6 Å². The third kappa shape index (κ3) is 2.99. The molecule has 0 heterocycles. The zero-order valence-electron chi connectivity index (χ0n) is 9.64. The highest BCUT2D eigenvalue weighted by Gasteiger charge is 2.21. The maximum absolute atomic E-state index is 11.6. The van der Waals surface area contributed by atoms with Crippen LogP contribution in [0.4, 0.5) is 0 Å². The number of rotatable bonds is 1. The quantitative estimate of drug-likeness (QED) is 0.787. The van der Waals surface area contributed by atoms with E-state index >= 15 is 0 Å². The molecule has 0 bridgehead atoms. The minimum atomic E-state index is -3.30. The smallest absolute Gasteiger partial charge is 0.177 e. The molecular weight excluding hydrogens is 312 g/mol. The zero-order valence-corrected chi connectivity index (χ0v) is 12.8. The van der Waals surface area contributed by atoms with Gasteiger partial charge >= 0.3 is 0 Å². The van der Waals surface area contributed by atoms with E-state index in [2.05, 4.69) is 15.9 Å². The molecule has 0 aliphatic rings. The molecule has 0 N–H and O–H groups in total. The van der Waals surface area contributed by atoms with Crippen molar-refractivity contribution < 1.29 is 8.42 Å². The predicted octanol–water partition coefficient (Wildman–Crippen LogP) is 3.80. The lowest BCUT2D eigenvalue weighted by molar-refractivity contribution is 0.584. The molecule has 90 valence electrons. The Morgan fingerprint density at radius 1 is 1.25 bits per heavy atom. The van der Waals surface area contributed by atoms with Gasteiger partial charge in [-0.05, 0) is 39.0 Å². The molecule has 0 saturated heterocycles. The van der Waals surface area contributed by atoms with Gasteiger partial charge in [-0.25, -0.2) is 8.42 Å². The lowest BCUT2D eigenvalue weighted by atomic mass is 9.87. The second-order valence-electron chi connectivity index (χ2n) is 4.79. The summed E-state index contributed by atoms with van der Waals surface area (Å²) >= 11 is 9.26. The summed E-state index contributed by atoms with van der Waals surface area (Å²) in [6, 6.07) is 3.50. The lowest BCUT2D eigenvalue weighted by Gasteiger charge is -2.20. The van der Waals surface area contributed by atoms with Crippen molar-refractivity contribution in [3.05, 3.63) is 27.2 Å². The average molecular weight is 326 g/mol. The van der Waals surface area contributed by atoms with Crippen LogP contribution in [0.25, 0.3) is 0 Å². The number of sulfone groups is 1. The van der Waals surface area contributed by atoms with E-state index in [-0.39, 0.29) is 15.3 Å². The average Bonchev–Trinajstić information content (AvgIpc) is 2.05. The number of halogens is 2. The van der Waals surface area contributed by atoms with Crippen LogP contribution in [-0.2, 0) is 15.3 Å². The van der Waals surface area contributed by atoms with Crippen LogP contribution < -0.4 is 0 Å². The van der Waals surface area contributed by atoms with Crippen molar-refractivity contribution in [3.8, 4) is 0 Å². The van der Waals surface area contributed by atoms with Crippen molar-refractivity contribution in [2.75, 3.05) is 6.26 Å². The van der Waals surface area contributed by atoms with Gasteiger partial charge < -0.3 is 0 Å². The van der Waals surface area contributed by atoms with Crippen LogP contribution in [0.3, 0.4) is 0 Å². The minimum absolute atomic E-state index is 0.119. The summed E-state index contributed by atoms with van der Waals surface area (Å²) in [4.78, 5) is 0.175. The predicted molar refractivity (Wildman–Crippen MR) is 71.0 cm³/mol. The molecule has 5 heteroatoms. The Balaban J connectivity index is 3.59. The normalized spacial score (nSPS) is 12.9. The fraction of sp³-hybridized carbons (Fsp3) is 0.455. The molecule has 0 fully saturated rings. The van der Waals surface area contributed by atoms with Gasteiger partial charge in [-0.1, -0.05) is 32.4 Å². The first-order chi connectivity index (χ1) is 7.03. The van der Waals surface area contributed by atoms with E-state index in [0.717, 1.165) is 11.8 Å². The van der Waals surface area contributed by atoms with Crippen LogP contribution in [0.1, 0.15) is 26.3 Å². The van der Waals surface area contributed by atoms with Crippen molar-refractivity contribution >= 4 is 37.4 Å². The summed E-state index contributed by atoms with van der Waals surface area (Å²) in [7, 11) is -3.30. The van der Waals surface area contributed by atoms with Gasteiger partial charge in [-0.2, -0.15) is 0 Å². The maximum atomic E-state index is 11.6. The molecule has 0 aromatic heterocycles. The maximum Gasteiger partial charge on any atom is 0.177 e. The number of benzene rings is 1. The molecule has 0 unspecified atom stereocenters. The first-order valence-electron chi connectivity index (χ1n) is 4.73. The van der Waals surface area contributed by atoms with Gasteiger partial charge in [0.05, 0.1) is 9.92 Å². The van der Waals surface area contributed by atoms with Crippen LogP contribution in [-0.4, -0.2) is 14.7 Å². The van der Waals surface area contributed by atoms with E-state index in [1.54, 1.807) is 6.07 Å². The van der Waals surface area contributed by atoms with E-state index in [0.29, 0.717) is 4.47 Å². The molecule has 0 atom stereocenters. The molecule has 0 saturated carbocycles. The molecule has 1 rings (SSSR count). The summed E-state index contributed by atoms with van der Waals surface area (Å²) in [5, 5.41) is 0.246. The van der Waals surface area contributed by atoms with Gasteiger partial charge in [0.2, 0.25) is 0 Å². The molecule has 0 radical (unpaired) electrons. The van der Waals surface area contributed by atoms with Crippen molar-refractivity contribution in [3.63, 3.8) is 0 Å².